The van der Waals surface area contributed by atoms with Crippen molar-refractivity contribution in [2.75, 3.05) is 23.7 Å². The van der Waals surface area contributed by atoms with Gasteiger partial charge in [-0.05, 0) is 18.3 Å². The molecule has 0 saturated heterocycles. The van der Waals surface area contributed by atoms with Crippen molar-refractivity contribution >= 4 is 11.6 Å². The van der Waals surface area contributed by atoms with E-state index < -0.39 is 0 Å². The van der Waals surface area contributed by atoms with Gasteiger partial charge in [0.1, 0.15) is 11.6 Å². The SMILES string of the molecule is CCCNc1cncc(NCC(C)(C)CC)n1. The number of aromatic nitrogens is 2. The van der Waals surface area contributed by atoms with Crippen LogP contribution in [0.3, 0.4) is 0 Å². The molecule has 0 aliphatic carbocycles. The summed E-state index contributed by atoms with van der Waals surface area (Å²) in [5, 5.41) is 6.57. The summed E-state index contributed by atoms with van der Waals surface area (Å²) >= 11 is 0. The minimum absolute atomic E-state index is 0.286. The van der Waals surface area contributed by atoms with Crippen LogP contribution >= 0.6 is 0 Å². The first-order valence-corrected chi connectivity index (χ1v) is 6.37. The molecule has 1 aromatic rings. The number of anilines is 2. The van der Waals surface area contributed by atoms with Crippen LogP contribution in [0.2, 0.25) is 0 Å². The fraction of sp³-hybridized carbons (Fsp3) is 0.692. The standard InChI is InChI=1S/C13H24N4/c1-5-7-15-11-8-14-9-12(17-11)16-10-13(3,4)6-2/h8-9H,5-7,10H2,1-4H3,(H2,15,16,17). The van der Waals surface area contributed by atoms with Gasteiger partial charge in [-0.25, -0.2) is 4.98 Å². The van der Waals surface area contributed by atoms with Gasteiger partial charge in [-0.15, -0.1) is 0 Å². The highest BCUT2D eigenvalue weighted by Gasteiger charge is 2.14. The summed E-state index contributed by atoms with van der Waals surface area (Å²) in [5.74, 6) is 1.68. The van der Waals surface area contributed by atoms with E-state index in [9.17, 15) is 0 Å². The lowest BCUT2D eigenvalue weighted by molar-refractivity contribution is 0.376. The van der Waals surface area contributed by atoms with Crippen LogP contribution in [0.5, 0.6) is 0 Å². The molecule has 2 N–H and O–H groups in total. The molecule has 96 valence electrons. The van der Waals surface area contributed by atoms with Gasteiger partial charge in [0.15, 0.2) is 0 Å². The predicted octanol–water partition coefficient (Wildman–Crippen LogP) is 3.15. The summed E-state index contributed by atoms with van der Waals surface area (Å²) < 4.78 is 0. The van der Waals surface area contributed by atoms with E-state index in [1.54, 1.807) is 12.4 Å². The van der Waals surface area contributed by atoms with Gasteiger partial charge in [0, 0.05) is 13.1 Å². The van der Waals surface area contributed by atoms with Gasteiger partial charge in [0.05, 0.1) is 12.4 Å². The third kappa shape index (κ3) is 5.02. The van der Waals surface area contributed by atoms with Crippen molar-refractivity contribution in [3.8, 4) is 0 Å². The van der Waals surface area contributed by atoms with Gasteiger partial charge in [0.25, 0.3) is 0 Å². The van der Waals surface area contributed by atoms with Crippen molar-refractivity contribution in [1.29, 1.82) is 0 Å². The van der Waals surface area contributed by atoms with E-state index in [4.69, 9.17) is 0 Å². The second-order valence-corrected chi connectivity index (χ2v) is 5.09. The molecule has 0 aliphatic heterocycles. The average molecular weight is 236 g/mol. The summed E-state index contributed by atoms with van der Waals surface area (Å²) in [6.45, 7) is 10.7. The van der Waals surface area contributed by atoms with E-state index in [2.05, 4.69) is 48.3 Å². The second-order valence-electron chi connectivity index (χ2n) is 5.09. The molecule has 0 atom stereocenters. The number of rotatable bonds is 7. The topological polar surface area (TPSA) is 49.8 Å². The number of hydrogen-bond donors (Lipinski definition) is 2. The van der Waals surface area contributed by atoms with Crippen molar-refractivity contribution in [3.63, 3.8) is 0 Å². The van der Waals surface area contributed by atoms with Gasteiger partial charge in [-0.2, -0.15) is 0 Å². The van der Waals surface area contributed by atoms with Crippen LogP contribution in [0.4, 0.5) is 11.6 Å². The number of nitrogens with zero attached hydrogens (tertiary/aromatic N) is 2. The summed E-state index contributed by atoms with van der Waals surface area (Å²) in [4.78, 5) is 8.64. The molecule has 0 unspecified atom stereocenters. The minimum atomic E-state index is 0.286. The van der Waals surface area contributed by atoms with Crippen LogP contribution < -0.4 is 10.6 Å². The fourth-order valence-corrected chi connectivity index (χ4v) is 1.24. The van der Waals surface area contributed by atoms with E-state index in [0.29, 0.717) is 0 Å². The fourth-order valence-electron chi connectivity index (χ4n) is 1.24. The van der Waals surface area contributed by atoms with Gasteiger partial charge in [-0.1, -0.05) is 27.7 Å². The summed E-state index contributed by atoms with van der Waals surface area (Å²) in [6.07, 6.45) is 5.75. The van der Waals surface area contributed by atoms with E-state index in [-0.39, 0.29) is 5.41 Å². The molecule has 1 aromatic heterocycles. The maximum Gasteiger partial charge on any atom is 0.146 e. The van der Waals surface area contributed by atoms with E-state index >= 15 is 0 Å². The van der Waals surface area contributed by atoms with Crippen molar-refractivity contribution in [1.82, 2.24) is 9.97 Å². The van der Waals surface area contributed by atoms with Crippen LogP contribution in [-0.2, 0) is 0 Å². The van der Waals surface area contributed by atoms with Crippen LogP contribution in [0.25, 0.3) is 0 Å². The second kappa shape index (κ2) is 6.42. The minimum Gasteiger partial charge on any atom is -0.369 e. The zero-order chi connectivity index (χ0) is 12.7. The van der Waals surface area contributed by atoms with E-state index in [0.717, 1.165) is 37.6 Å². The van der Waals surface area contributed by atoms with Gasteiger partial charge >= 0.3 is 0 Å². The lowest BCUT2D eigenvalue weighted by Crippen LogP contribution is -2.22. The molecule has 0 aromatic carbocycles. The Morgan fingerprint density at radius 2 is 1.76 bits per heavy atom. The van der Waals surface area contributed by atoms with Crippen molar-refractivity contribution in [3.05, 3.63) is 12.4 Å². The van der Waals surface area contributed by atoms with Crippen LogP contribution in [0.1, 0.15) is 40.5 Å². The number of hydrogen-bond acceptors (Lipinski definition) is 4. The Bertz CT molecular complexity index is 336. The molecule has 0 radical (unpaired) electrons. The van der Waals surface area contributed by atoms with Gasteiger partial charge in [0.2, 0.25) is 0 Å². The Kier molecular flexibility index (Phi) is 5.19. The summed E-state index contributed by atoms with van der Waals surface area (Å²) in [7, 11) is 0. The molecule has 0 amide bonds. The van der Waals surface area contributed by atoms with Gasteiger partial charge < -0.3 is 10.6 Å². The third-order valence-electron chi connectivity index (χ3n) is 2.90. The first-order chi connectivity index (χ1) is 8.07. The third-order valence-corrected chi connectivity index (χ3v) is 2.90. The summed E-state index contributed by atoms with van der Waals surface area (Å²) in [5.41, 5.74) is 0.286. The quantitative estimate of drug-likeness (QED) is 0.763. The zero-order valence-corrected chi connectivity index (χ0v) is 11.4. The molecule has 0 saturated carbocycles. The maximum atomic E-state index is 4.46. The highest BCUT2D eigenvalue weighted by atomic mass is 15.1. The molecular formula is C13H24N4. The first-order valence-electron chi connectivity index (χ1n) is 6.37. The molecule has 0 fully saturated rings. The van der Waals surface area contributed by atoms with Crippen molar-refractivity contribution < 1.29 is 0 Å². The van der Waals surface area contributed by atoms with Crippen LogP contribution in [0.15, 0.2) is 12.4 Å². The lowest BCUT2D eigenvalue weighted by Gasteiger charge is -2.23. The smallest absolute Gasteiger partial charge is 0.146 e. The van der Waals surface area contributed by atoms with Gasteiger partial charge in [-0.3, -0.25) is 4.98 Å². The van der Waals surface area contributed by atoms with E-state index in [1.807, 2.05) is 0 Å². The molecule has 1 rings (SSSR count). The normalized spacial score (nSPS) is 11.3. The zero-order valence-electron chi connectivity index (χ0n) is 11.4. The van der Waals surface area contributed by atoms with Crippen molar-refractivity contribution in [2.24, 2.45) is 5.41 Å². The average Bonchev–Trinajstić information content (AvgIpc) is 2.35. The molecule has 0 aliphatic rings. The lowest BCUT2D eigenvalue weighted by atomic mass is 9.90. The maximum absolute atomic E-state index is 4.46. The van der Waals surface area contributed by atoms with Crippen molar-refractivity contribution in [2.45, 2.75) is 40.5 Å². The first kappa shape index (κ1) is 13.7. The van der Waals surface area contributed by atoms with Crippen LogP contribution in [-0.4, -0.2) is 23.1 Å². The summed E-state index contributed by atoms with van der Waals surface area (Å²) in [6, 6.07) is 0. The highest BCUT2D eigenvalue weighted by molar-refractivity contribution is 5.41. The highest BCUT2D eigenvalue weighted by Crippen LogP contribution is 2.20. The molecule has 4 nitrogen and oxygen atoms in total. The molecule has 0 spiro atoms. The Morgan fingerprint density at radius 1 is 1.12 bits per heavy atom. The Morgan fingerprint density at radius 3 is 2.35 bits per heavy atom. The van der Waals surface area contributed by atoms with E-state index in [1.165, 1.54) is 0 Å². The molecular weight excluding hydrogens is 212 g/mol. The molecule has 17 heavy (non-hydrogen) atoms. The Labute approximate surface area is 104 Å². The molecule has 0 bridgehead atoms. The Balaban J connectivity index is 2.53. The molecule has 4 heteroatoms. The largest absolute Gasteiger partial charge is 0.369 e. The predicted molar refractivity (Wildman–Crippen MR) is 73.4 cm³/mol. The monoisotopic (exact) mass is 236 g/mol. The molecule has 1 heterocycles. The number of nitrogens with one attached hydrogen (secondary N) is 2. The Hall–Kier alpha value is -1.32. The van der Waals surface area contributed by atoms with Crippen LogP contribution in [0, 0.1) is 5.41 Å².